The highest BCUT2D eigenvalue weighted by molar-refractivity contribution is 5.94. The van der Waals surface area contributed by atoms with Crippen molar-refractivity contribution in [3.8, 4) is 16.9 Å². The molecule has 0 saturated heterocycles. The summed E-state index contributed by atoms with van der Waals surface area (Å²) in [5.41, 5.74) is 2.41. The van der Waals surface area contributed by atoms with E-state index < -0.39 is 11.9 Å². The Morgan fingerprint density at radius 2 is 1.48 bits per heavy atom. The van der Waals surface area contributed by atoms with E-state index in [0.29, 0.717) is 23.5 Å². The molecule has 3 aromatic carbocycles. The van der Waals surface area contributed by atoms with Crippen LogP contribution in [0.4, 0.5) is 0 Å². The van der Waals surface area contributed by atoms with Crippen LogP contribution in [-0.2, 0) is 4.74 Å². The van der Waals surface area contributed by atoms with Gasteiger partial charge in [0, 0.05) is 5.56 Å². The molecule has 0 aliphatic heterocycles. The Labute approximate surface area is 171 Å². The van der Waals surface area contributed by atoms with Gasteiger partial charge in [-0.3, -0.25) is 0 Å². The Bertz CT molecular complexity index is 965. The van der Waals surface area contributed by atoms with Gasteiger partial charge in [-0.2, -0.15) is 0 Å². The number of rotatable bonds is 7. The van der Waals surface area contributed by atoms with E-state index in [1.54, 1.807) is 42.5 Å². The van der Waals surface area contributed by atoms with Crippen molar-refractivity contribution < 1.29 is 19.1 Å². The summed E-state index contributed by atoms with van der Waals surface area (Å²) >= 11 is 0. The monoisotopic (exact) mass is 388 g/mol. The van der Waals surface area contributed by atoms with Crippen LogP contribution in [0.2, 0.25) is 0 Å². The first-order valence-electron chi connectivity index (χ1n) is 9.72. The summed E-state index contributed by atoms with van der Waals surface area (Å²) in [5.74, 6) is -0.296. The molecule has 0 radical (unpaired) electrons. The number of esters is 2. The van der Waals surface area contributed by atoms with Crippen molar-refractivity contribution in [1.82, 2.24) is 0 Å². The van der Waals surface area contributed by atoms with Crippen molar-refractivity contribution in [2.45, 2.75) is 20.3 Å². The Balaban J connectivity index is 1.91. The zero-order valence-electron chi connectivity index (χ0n) is 16.6. The van der Waals surface area contributed by atoms with Crippen LogP contribution < -0.4 is 4.74 Å². The number of carbonyl (C=O) groups is 2. The van der Waals surface area contributed by atoms with Gasteiger partial charge in [0.2, 0.25) is 0 Å². The number of hydrogen-bond acceptors (Lipinski definition) is 4. The maximum Gasteiger partial charge on any atom is 0.343 e. The quantitative estimate of drug-likeness (QED) is 0.380. The van der Waals surface area contributed by atoms with Crippen LogP contribution in [0.25, 0.3) is 11.1 Å². The fourth-order valence-electron chi connectivity index (χ4n) is 2.74. The fourth-order valence-corrected chi connectivity index (χ4v) is 2.74. The molecule has 0 heterocycles. The molecule has 0 amide bonds. The van der Waals surface area contributed by atoms with Gasteiger partial charge in [0.05, 0.1) is 17.7 Å². The van der Waals surface area contributed by atoms with Crippen LogP contribution in [0.1, 0.15) is 41.0 Å². The minimum atomic E-state index is -0.479. The minimum Gasteiger partial charge on any atom is -0.462 e. The second-order valence-corrected chi connectivity index (χ2v) is 6.94. The zero-order chi connectivity index (χ0) is 20.6. The van der Waals surface area contributed by atoms with Crippen LogP contribution in [0, 0.1) is 5.92 Å². The molecule has 0 saturated carbocycles. The third-order valence-electron chi connectivity index (χ3n) is 4.71. The maximum atomic E-state index is 12.6. The third kappa shape index (κ3) is 5.32. The normalized spacial score (nSPS) is 11.5. The molecule has 4 nitrogen and oxygen atoms in total. The lowest BCUT2D eigenvalue weighted by atomic mass is 10.0. The van der Waals surface area contributed by atoms with E-state index in [4.69, 9.17) is 9.47 Å². The molecule has 148 valence electrons. The average Bonchev–Trinajstić information content (AvgIpc) is 2.78. The highest BCUT2D eigenvalue weighted by Gasteiger charge is 2.17. The number of hydrogen-bond donors (Lipinski definition) is 0. The molecule has 0 N–H and O–H groups in total. The lowest BCUT2D eigenvalue weighted by molar-refractivity contribution is 0.0445. The van der Waals surface area contributed by atoms with Crippen LogP contribution >= 0.6 is 0 Å². The zero-order valence-corrected chi connectivity index (χ0v) is 16.6. The van der Waals surface area contributed by atoms with Gasteiger partial charge in [0.25, 0.3) is 0 Å². The molecule has 0 aliphatic carbocycles. The molecule has 1 unspecified atom stereocenters. The predicted molar refractivity (Wildman–Crippen MR) is 113 cm³/mol. The Morgan fingerprint density at radius 3 is 2.14 bits per heavy atom. The van der Waals surface area contributed by atoms with Crippen LogP contribution in [0.5, 0.6) is 5.75 Å². The molecule has 3 aromatic rings. The summed E-state index contributed by atoms with van der Waals surface area (Å²) in [6.45, 7) is 4.43. The fraction of sp³-hybridized carbons (Fsp3) is 0.200. The SMILES string of the molecule is CCC(C)COC(=O)c1ccc(-c2ccccc2)c(OC(=O)c2ccccc2)c1. The second kappa shape index (κ2) is 9.69. The molecule has 0 spiro atoms. The molecular weight excluding hydrogens is 364 g/mol. The lowest BCUT2D eigenvalue weighted by Crippen LogP contribution is -2.13. The lowest BCUT2D eigenvalue weighted by Gasteiger charge is -2.13. The van der Waals surface area contributed by atoms with Gasteiger partial charge in [-0.15, -0.1) is 0 Å². The smallest absolute Gasteiger partial charge is 0.343 e. The first-order valence-corrected chi connectivity index (χ1v) is 9.72. The molecule has 0 aromatic heterocycles. The van der Waals surface area contributed by atoms with Gasteiger partial charge in [-0.25, -0.2) is 9.59 Å². The van der Waals surface area contributed by atoms with Crippen LogP contribution in [-0.4, -0.2) is 18.5 Å². The van der Waals surface area contributed by atoms with Crippen molar-refractivity contribution >= 4 is 11.9 Å². The molecule has 0 bridgehead atoms. The van der Waals surface area contributed by atoms with Gasteiger partial charge >= 0.3 is 11.9 Å². The maximum absolute atomic E-state index is 12.6. The molecule has 1 atom stereocenters. The molecule has 3 rings (SSSR count). The predicted octanol–water partition coefficient (Wildman–Crippen LogP) is 5.78. The number of carbonyl (C=O) groups excluding carboxylic acids is 2. The first kappa shape index (κ1) is 20.3. The largest absolute Gasteiger partial charge is 0.462 e. The summed E-state index contributed by atoms with van der Waals surface area (Å²) in [5, 5.41) is 0. The van der Waals surface area contributed by atoms with E-state index in [1.807, 2.05) is 50.2 Å². The van der Waals surface area contributed by atoms with Gasteiger partial charge in [-0.05, 0) is 41.8 Å². The van der Waals surface area contributed by atoms with Gasteiger partial charge < -0.3 is 9.47 Å². The summed E-state index contributed by atoms with van der Waals surface area (Å²) in [6.07, 6.45) is 0.931. The topological polar surface area (TPSA) is 52.6 Å². The number of benzene rings is 3. The third-order valence-corrected chi connectivity index (χ3v) is 4.71. The van der Waals surface area contributed by atoms with Crippen molar-refractivity contribution in [3.63, 3.8) is 0 Å². The van der Waals surface area contributed by atoms with E-state index in [2.05, 4.69) is 0 Å². The Morgan fingerprint density at radius 1 is 0.828 bits per heavy atom. The van der Waals surface area contributed by atoms with Crippen molar-refractivity contribution in [2.24, 2.45) is 5.92 Å². The van der Waals surface area contributed by atoms with E-state index in [-0.39, 0.29) is 5.92 Å². The highest BCUT2D eigenvalue weighted by atomic mass is 16.5. The standard InChI is InChI=1S/C25H24O4/c1-3-18(2)17-28-24(26)21-14-15-22(19-10-6-4-7-11-19)23(16-21)29-25(27)20-12-8-5-9-13-20/h4-16,18H,3,17H2,1-2H3. The van der Waals surface area contributed by atoms with Crippen LogP contribution in [0.15, 0.2) is 78.9 Å². The Kier molecular flexibility index (Phi) is 6.80. The van der Waals surface area contributed by atoms with E-state index >= 15 is 0 Å². The van der Waals surface area contributed by atoms with Gasteiger partial charge in [0.1, 0.15) is 5.75 Å². The van der Waals surface area contributed by atoms with Gasteiger partial charge in [-0.1, -0.05) is 68.8 Å². The van der Waals surface area contributed by atoms with E-state index in [9.17, 15) is 9.59 Å². The second-order valence-electron chi connectivity index (χ2n) is 6.94. The van der Waals surface area contributed by atoms with Gasteiger partial charge in [0.15, 0.2) is 0 Å². The summed E-state index contributed by atoms with van der Waals surface area (Å²) in [6, 6.07) is 23.4. The van der Waals surface area contributed by atoms with Crippen LogP contribution in [0.3, 0.4) is 0 Å². The summed E-state index contributed by atoms with van der Waals surface area (Å²) < 4.78 is 11.1. The van der Waals surface area contributed by atoms with Crippen molar-refractivity contribution in [2.75, 3.05) is 6.61 Å². The number of ether oxygens (including phenoxy) is 2. The average molecular weight is 388 g/mol. The molecule has 0 aliphatic rings. The van der Waals surface area contributed by atoms with E-state index in [0.717, 1.165) is 17.5 Å². The summed E-state index contributed by atoms with van der Waals surface area (Å²) in [7, 11) is 0. The molecule has 4 heteroatoms. The first-order chi connectivity index (χ1) is 14.1. The molecular formula is C25H24O4. The minimum absolute atomic E-state index is 0.290. The molecule has 29 heavy (non-hydrogen) atoms. The molecule has 0 fully saturated rings. The van der Waals surface area contributed by atoms with Crippen molar-refractivity contribution in [1.29, 1.82) is 0 Å². The van der Waals surface area contributed by atoms with E-state index in [1.165, 1.54) is 0 Å². The summed E-state index contributed by atoms with van der Waals surface area (Å²) in [4.78, 5) is 25.1. The van der Waals surface area contributed by atoms with Crippen molar-refractivity contribution in [3.05, 3.63) is 90.0 Å². The highest BCUT2D eigenvalue weighted by Crippen LogP contribution is 2.32. The Hall–Kier alpha value is -3.40.